The van der Waals surface area contributed by atoms with Crippen LogP contribution in [0.4, 0.5) is 0 Å². The summed E-state index contributed by atoms with van der Waals surface area (Å²) in [6.45, 7) is 18.6. The summed E-state index contributed by atoms with van der Waals surface area (Å²) < 4.78 is 5.46. The fraction of sp³-hybridized carbons (Fsp3) is 0.267. The normalized spacial score (nSPS) is 14.3. The molecule has 2 aromatic carbocycles. The van der Waals surface area contributed by atoms with E-state index in [1.54, 1.807) is 0 Å². The largest absolute Gasteiger partial charge is 0.346 e. The van der Waals surface area contributed by atoms with Gasteiger partial charge < -0.3 is 8.47 Å². The molecule has 1 aliphatic heterocycles. The monoisotopic (exact) mass is 450 g/mol. The quantitative estimate of drug-likeness (QED) is 0.312. The van der Waals surface area contributed by atoms with Crippen LogP contribution < -0.4 is 10.4 Å². The Bertz CT molecular complexity index is 1260. The third-order valence-electron chi connectivity index (χ3n) is 7.89. The van der Waals surface area contributed by atoms with Crippen LogP contribution in [0.5, 0.6) is 0 Å². The van der Waals surface area contributed by atoms with Gasteiger partial charge in [0.2, 0.25) is 0 Å². The zero-order chi connectivity index (χ0) is 23.5. The molecule has 0 saturated heterocycles. The predicted octanol–water partition coefficient (Wildman–Crippen LogP) is 5.68. The van der Waals surface area contributed by atoms with Crippen molar-refractivity contribution in [2.24, 2.45) is 0 Å². The summed E-state index contributed by atoms with van der Waals surface area (Å²) in [5.41, 5.74) is 12.3. The van der Waals surface area contributed by atoms with Crippen LogP contribution in [0.15, 0.2) is 67.2 Å². The van der Waals surface area contributed by atoms with E-state index in [9.17, 15) is 0 Å². The fourth-order valence-corrected chi connectivity index (χ4v) is 12.0. The van der Waals surface area contributed by atoms with Crippen LogP contribution >= 0.6 is 0 Å². The first-order valence-electron chi connectivity index (χ1n) is 12.1. The van der Waals surface area contributed by atoms with E-state index in [0.29, 0.717) is 0 Å². The van der Waals surface area contributed by atoms with Crippen molar-refractivity contribution in [3.63, 3.8) is 0 Å². The van der Waals surface area contributed by atoms with E-state index in [1.807, 2.05) is 0 Å². The molecule has 33 heavy (non-hydrogen) atoms. The number of hydrogen-bond donors (Lipinski definition) is 0. The lowest BCUT2D eigenvalue weighted by Crippen LogP contribution is -2.72. The second kappa shape index (κ2) is 7.77. The molecule has 0 atom stereocenters. The Morgan fingerprint density at radius 1 is 0.636 bits per heavy atom. The van der Waals surface area contributed by atoms with Crippen molar-refractivity contribution in [2.45, 2.75) is 54.4 Å². The number of hydrogen-bond acceptors (Lipinski definition) is 0. The number of rotatable bonds is 4. The molecule has 0 radical (unpaired) electrons. The number of benzene rings is 2. The Kier molecular flexibility index (Phi) is 5.13. The Balaban J connectivity index is 2.10. The van der Waals surface area contributed by atoms with Crippen LogP contribution in [-0.2, 0) is 12.8 Å². The molecule has 1 aliphatic rings. The van der Waals surface area contributed by atoms with E-state index in [-0.39, 0.29) is 0 Å². The molecule has 0 aliphatic carbocycles. The van der Waals surface area contributed by atoms with Crippen molar-refractivity contribution in [3.05, 3.63) is 112 Å². The van der Waals surface area contributed by atoms with Crippen LogP contribution in [0.2, 0.25) is 0 Å². The van der Waals surface area contributed by atoms with Crippen LogP contribution in [0.3, 0.4) is 0 Å². The highest BCUT2D eigenvalue weighted by atomic mass is 28.3. The molecular formula is C30H34N2Si. The van der Waals surface area contributed by atoms with E-state index >= 15 is 0 Å². The van der Waals surface area contributed by atoms with Crippen LogP contribution in [0.25, 0.3) is 5.57 Å². The smallest absolute Gasteiger partial charge is 0.339 e. The van der Waals surface area contributed by atoms with Gasteiger partial charge in [-0.15, -0.1) is 0 Å². The topological polar surface area (TPSA) is 9.86 Å². The maximum atomic E-state index is 4.73. The molecule has 5 rings (SSSR count). The molecule has 4 aromatic rings. The van der Waals surface area contributed by atoms with Gasteiger partial charge in [-0.1, -0.05) is 81.1 Å². The molecule has 0 spiro atoms. The standard InChI is InChI=1S/C30H34N2Si/c1-8-27-20(3)29-22(5)30-21(4)28(9-2)24(7)32(30)33(31(29)23(27)6,25-16-12-10-13-17-25)26-18-14-11-15-19-26/h10-19H,5,8-9H2,1-4,6-7H3. The summed E-state index contributed by atoms with van der Waals surface area (Å²) in [6.07, 6.45) is 2.07. The second-order valence-electron chi connectivity index (χ2n) is 9.34. The third-order valence-corrected chi connectivity index (χ3v) is 12.6. The van der Waals surface area contributed by atoms with Gasteiger partial charge in [0.1, 0.15) is 0 Å². The molecule has 0 N–H and O–H groups in total. The molecule has 0 amide bonds. The van der Waals surface area contributed by atoms with E-state index in [4.69, 9.17) is 6.58 Å². The van der Waals surface area contributed by atoms with Gasteiger partial charge in [0, 0.05) is 28.3 Å². The summed E-state index contributed by atoms with van der Waals surface area (Å²) in [6, 6.07) is 22.5. The minimum atomic E-state index is -2.69. The summed E-state index contributed by atoms with van der Waals surface area (Å²) in [5, 5.41) is 2.82. The van der Waals surface area contributed by atoms with Crippen molar-refractivity contribution in [1.29, 1.82) is 0 Å². The van der Waals surface area contributed by atoms with Crippen molar-refractivity contribution < 1.29 is 0 Å². The minimum absolute atomic E-state index is 1.03. The van der Waals surface area contributed by atoms with Crippen molar-refractivity contribution >= 4 is 24.3 Å². The van der Waals surface area contributed by atoms with Gasteiger partial charge in [-0.25, -0.2) is 0 Å². The number of fused-ring (bicyclic) bond motifs is 2. The first kappa shape index (κ1) is 21.8. The lowest BCUT2D eigenvalue weighted by molar-refractivity contribution is 0.917. The van der Waals surface area contributed by atoms with Gasteiger partial charge >= 0.3 is 8.40 Å². The second-order valence-corrected chi connectivity index (χ2v) is 12.7. The molecule has 168 valence electrons. The highest BCUT2D eigenvalue weighted by Crippen LogP contribution is 2.43. The van der Waals surface area contributed by atoms with E-state index in [1.165, 1.54) is 61.0 Å². The van der Waals surface area contributed by atoms with Gasteiger partial charge in [-0.2, -0.15) is 0 Å². The SMILES string of the molecule is C=C1c2c(C)c(CC)c(C)n2[Si](c2ccccc2)(c2ccccc2)n2c(C)c(CC)c(C)c21. The zero-order valence-corrected chi connectivity index (χ0v) is 21.8. The number of nitrogens with zero attached hydrogens (tertiary/aromatic N) is 2. The molecular weight excluding hydrogens is 416 g/mol. The lowest BCUT2D eigenvalue weighted by Gasteiger charge is -2.43. The van der Waals surface area contributed by atoms with Crippen molar-refractivity contribution in [1.82, 2.24) is 8.47 Å². The van der Waals surface area contributed by atoms with Crippen molar-refractivity contribution in [2.75, 3.05) is 0 Å². The summed E-state index contributed by atoms with van der Waals surface area (Å²) in [4.78, 5) is 0. The van der Waals surface area contributed by atoms with E-state index in [2.05, 4.69) is 111 Å². The lowest BCUT2D eigenvalue weighted by atomic mass is 9.99. The molecule has 0 unspecified atom stereocenters. The molecule has 3 heteroatoms. The number of aromatic nitrogens is 2. The van der Waals surface area contributed by atoms with Gasteiger partial charge in [0.25, 0.3) is 0 Å². The summed E-state index contributed by atoms with van der Waals surface area (Å²) in [5.74, 6) is 0. The Hall–Kier alpha value is -3.04. The minimum Gasteiger partial charge on any atom is -0.346 e. The maximum Gasteiger partial charge on any atom is 0.339 e. The average Bonchev–Trinajstić information content (AvgIpc) is 3.25. The highest BCUT2D eigenvalue weighted by Gasteiger charge is 2.51. The molecule has 0 fully saturated rings. The van der Waals surface area contributed by atoms with Crippen LogP contribution in [0, 0.1) is 27.7 Å². The average molecular weight is 451 g/mol. The van der Waals surface area contributed by atoms with E-state index in [0.717, 1.165) is 12.8 Å². The molecule has 3 heterocycles. The van der Waals surface area contributed by atoms with Crippen molar-refractivity contribution in [3.8, 4) is 0 Å². The first-order valence-corrected chi connectivity index (χ1v) is 14.0. The summed E-state index contributed by atoms with van der Waals surface area (Å²) >= 11 is 0. The zero-order valence-electron chi connectivity index (χ0n) is 20.8. The Morgan fingerprint density at radius 3 is 1.33 bits per heavy atom. The van der Waals surface area contributed by atoms with Crippen LogP contribution in [0.1, 0.15) is 58.9 Å². The molecule has 0 bridgehead atoms. The Labute approximate surface area is 199 Å². The van der Waals surface area contributed by atoms with Gasteiger partial charge in [-0.05, 0) is 73.2 Å². The van der Waals surface area contributed by atoms with Gasteiger partial charge in [0.15, 0.2) is 0 Å². The van der Waals surface area contributed by atoms with E-state index < -0.39 is 8.40 Å². The predicted molar refractivity (Wildman–Crippen MR) is 143 cm³/mol. The van der Waals surface area contributed by atoms with Crippen LogP contribution in [-0.4, -0.2) is 16.9 Å². The van der Waals surface area contributed by atoms with Gasteiger partial charge in [0.05, 0.1) is 0 Å². The molecule has 2 aromatic heterocycles. The fourth-order valence-electron chi connectivity index (χ4n) is 6.58. The third kappa shape index (κ3) is 2.66. The molecule has 2 nitrogen and oxygen atoms in total. The summed E-state index contributed by atoms with van der Waals surface area (Å²) in [7, 11) is -2.69. The highest BCUT2D eigenvalue weighted by molar-refractivity contribution is 7.00. The molecule has 0 saturated carbocycles. The Morgan fingerprint density at radius 2 is 1.00 bits per heavy atom. The first-order chi connectivity index (χ1) is 15.9. The van der Waals surface area contributed by atoms with Gasteiger partial charge in [-0.3, -0.25) is 0 Å². The maximum absolute atomic E-state index is 4.73.